The molecule has 7 N–H and O–H groups in total. The molecule has 3 aromatic rings. The van der Waals surface area contributed by atoms with Crippen LogP contribution in [0.4, 0.5) is 22.1 Å². The fraction of sp³-hybridized carbons (Fsp3) is 0.136. The third kappa shape index (κ3) is 6.22. The highest BCUT2D eigenvalue weighted by Gasteiger charge is 2.03. The summed E-state index contributed by atoms with van der Waals surface area (Å²) in [6.07, 6.45) is 1.29. The van der Waals surface area contributed by atoms with Crippen LogP contribution < -0.4 is 27.4 Å². The number of rotatable bonds is 6. The molecule has 0 atom stereocenters. The fourth-order valence-corrected chi connectivity index (χ4v) is 2.62. The molecule has 0 aliphatic heterocycles. The van der Waals surface area contributed by atoms with Crippen molar-refractivity contribution < 1.29 is 4.79 Å². The number of urea groups is 1. The zero-order valence-corrected chi connectivity index (χ0v) is 16.4. The molecule has 0 spiro atoms. The number of carbonyl (C=O) groups is 1. The predicted molar refractivity (Wildman–Crippen MR) is 118 cm³/mol. The van der Waals surface area contributed by atoms with E-state index in [2.05, 4.69) is 49.9 Å². The second-order valence-corrected chi connectivity index (χ2v) is 6.39. The van der Waals surface area contributed by atoms with E-state index >= 15 is 0 Å². The summed E-state index contributed by atoms with van der Waals surface area (Å²) >= 11 is 0. The Kier molecular flexibility index (Phi) is 7.19. The maximum absolute atomic E-state index is 12.1. The largest absolute Gasteiger partial charge is 0.382 e. The van der Waals surface area contributed by atoms with Crippen LogP contribution in [0.3, 0.4) is 0 Å². The minimum Gasteiger partial charge on any atom is -0.382 e. The summed E-state index contributed by atoms with van der Waals surface area (Å²) in [7, 11) is 0. The first kappa shape index (κ1) is 20.6. The molecule has 2 aromatic carbocycles. The first-order valence-electron chi connectivity index (χ1n) is 9.39. The number of nitrogen functional groups attached to an aromatic ring is 2. The number of aromatic nitrogens is 2. The van der Waals surface area contributed by atoms with Gasteiger partial charge in [0.2, 0.25) is 0 Å². The maximum Gasteiger partial charge on any atom is 0.319 e. The number of hydrogen-bond donors (Lipinski definition) is 5. The van der Waals surface area contributed by atoms with Crippen molar-refractivity contribution in [3.05, 3.63) is 77.6 Å². The van der Waals surface area contributed by atoms with E-state index in [1.165, 1.54) is 11.9 Å². The van der Waals surface area contributed by atoms with E-state index in [0.717, 1.165) is 6.54 Å². The van der Waals surface area contributed by atoms with Crippen LogP contribution in [0.25, 0.3) is 0 Å². The standard InChI is InChI=1S/C22H23N7O/c23-20-19(21(24)28-15-27-20)10-9-16-7-4-8-18(13-16)29-22(30)26-12-11-25-14-17-5-2-1-3-6-17/h1-8,13,15,25H,11-12,14H2,(H2,26,29,30)(H4,23,24,27,28). The third-order valence-corrected chi connectivity index (χ3v) is 4.12. The summed E-state index contributed by atoms with van der Waals surface area (Å²) < 4.78 is 0. The molecule has 0 aliphatic carbocycles. The third-order valence-electron chi connectivity index (χ3n) is 4.12. The number of anilines is 3. The number of benzene rings is 2. The Hall–Kier alpha value is -4.09. The van der Waals surface area contributed by atoms with Gasteiger partial charge in [-0.15, -0.1) is 0 Å². The van der Waals surface area contributed by atoms with E-state index in [-0.39, 0.29) is 17.7 Å². The highest BCUT2D eigenvalue weighted by molar-refractivity contribution is 5.89. The Morgan fingerprint density at radius 3 is 2.47 bits per heavy atom. The van der Waals surface area contributed by atoms with Crippen LogP contribution in [0.5, 0.6) is 0 Å². The van der Waals surface area contributed by atoms with Gasteiger partial charge in [0, 0.05) is 30.9 Å². The van der Waals surface area contributed by atoms with Crippen molar-refractivity contribution in [1.82, 2.24) is 20.6 Å². The molecule has 1 aromatic heterocycles. The smallest absolute Gasteiger partial charge is 0.319 e. The van der Waals surface area contributed by atoms with Gasteiger partial charge < -0.3 is 27.4 Å². The molecule has 8 heteroatoms. The van der Waals surface area contributed by atoms with E-state index in [4.69, 9.17) is 11.5 Å². The summed E-state index contributed by atoms with van der Waals surface area (Å²) in [4.78, 5) is 19.9. The van der Waals surface area contributed by atoms with Crippen molar-refractivity contribution in [2.45, 2.75) is 6.54 Å². The normalized spacial score (nSPS) is 10.0. The Bertz CT molecular complexity index is 1040. The van der Waals surface area contributed by atoms with Crippen molar-refractivity contribution in [3.8, 4) is 11.8 Å². The molecular weight excluding hydrogens is 378 g/mol. The van der Waals surface area contributed by atoms with Gasteiger partial charge in [0.05, 0.1) is 0 Å². The number of nitrogens with zero attached hydrogens (tertiary/aromatic N) is 2. The molecule has 30 heavy (non-hydrogen) atoms. The molecule has 0 saturated carbocycles. The molecule has 0 saturated heterocycles. The van der Waals surface area contributed by atoms with Gasteiger partial charge in [0.1, 0.15) is 23.5 Å². The average Bonchev–Trinajstić information content (AvgIpc) is 2.74. The molecule has 0 unspecified atom stereocenters. The Balaban J connectivity index is 1.48. The molecule has 152 valence electrons. The first-order chi connectivity index (χ1) is 14.6. The second-order valence-electron chi connectivity index (χ2n) is 6.39. The van der Waals surface area contributed by atoms with Crippen molar-refractivity contribution in [1.29, 1.82) is 0 Å². The summed E-state index contributed by atoms with van der Waals surface area (Å²) in [5, 5.41) is 8.88. The highest BCUT2D eigenvalue weighted by Crippen LogP contribution is 2.13. The van der Waals surface area contributed by atoms with Crippen LogP contribution in [-0.4, -0.2) is 29.1 Å². The first-order valence-corrected chi connectivity index (χ1v) is 9.39. The number of nitrogens with one attached hydrogen (secondary N) is 3. The van der Waals surface area contributed by atoms with Crippen LogP contribution in [0.15, 0.2) is 60.9 Å². The molecule has 0 fully saturated rings. The van der Waals surface area contributed by atoms with E-state index in [1.807, 2.05) is 24.3 Å². The lowest BCUT2D eigenvalue weighted by atomic mass is 10.2. The summed E-state index contributed by atoms with van der Waals surface area (Å²) in [5.41, 5.74) is 14.5. The van der Waals surface area contributed by atoms with E-state index in [0.29, 0.717) is 29.9 Å². The Morgan fingerprint density at radius 1 is 0.933 bits per heavy atom. The van der Waals surface area contributed by atoms with E-state index in [9.17, 15) is 4.79 Å². The maximum atomic E-state index is 12.1. The highest BCUT2D eigenvalue weighted by atomic mass is 16.2. The molecule has 0 bridgehead atoms. The monoisotopic (exact) mass is 401 g/mol. The molecule has 0 radical (unpaired) electrons. The zero-order chi connectivity index (χ0) is 21.2. The zero-order valence-electron chi connectivity index (χ0n) is 16.4. The van der Waals surface area contributed by atoms with Crippen molar-refractivity contribution in [2.75, 3.05) is 29.9 Å². The van der Waals surface area contributed by atoms with Gasteiger partial charge in [-0.3, -0.25) is 0 Å². The quantitative estimate of drug-likeness (QED) is 0.317. The lowest BCUT2D eigenvalue weighted by molar-refractivity contribution is 0.252. The minimum absolute atomic E-state index is 0.226. The van der Waals surface area contributed by atoms with E-state index < -0.39 is 0 Å². The number of carbonyl (C=O) groups excluding carboxylic acids is 1. The number of amides is 2. The van der Waals surface area contributed by atoms with Crippen LogP contribution in [0, 0.1) is 11.8 Å². The second kappa shape index (κ2) is 10.5. The molecular formula is C22H23N7O. The molecule has 0 aliphatic rings. The SMILES string of the molecule is Nc1ncnc(N)c1C#Cc1cccc(NC(=O)NCCNCc2ccccc2)c1. The summed E-state index contributed by atoms with van der Waals surface area (Å²) in [6, 6.07) is 17.0. The lowest BCUT2D eigenvalue weighted by Gasteiger charge is -2.09. The minimum atomic E-state index is -0.286. The summed E-state index contributed by atoms with van der Waals surface area (Å²) in [5.74, 6) is 6.29. The lowest BCUT2D eigenvalue weighted by Crippen LogP contribution is -2.34. The molecule has 3 rings (SSSR count). The van der Waals surface area contributed by atoms with Crippen LogP contribution >= 0.6 is 0 Å². The topological polar surface area (TPSA) is 131 Å². The van der Waals surface area contributed by atoms with Gasteiger partial charge >= 0.3 is 6.03 Å². The fourth-order valence-electron chi connectivity index (χ4n) is 2.62. The molecule has 2 amide bonds. The van der Waals surface area contributed by atoms with Gasteiger partial charge in [-0.2, -0.15) is 0 Å². The molecule has 8 nitrogen and oxygen atoms in total. The van der Waals surface area contributed by atoms with Crippen LogP contribution in [-0.2, 0) is 6.54 Å². The Labute approximate surface area is 175 Å². The predicted octanol–water partition coefficient (Wildman–Crippen LogP) is 1.95. The van der Waals surface area contributed by atoms with Crippen molar-refractivity contribution in [2.24, 2.45) is 0 Å². The van der Waals surface area contributed by atoms with Gasteiger partial charge in [0.15, 0.2) is 0 Å². The van der Waals surface area contributed by atoms with Gasteiger partial charge in [-0.25, -0.2) is 14.8 Å². The van der Waals surface area contributed by atoms with Crippen LogP contribution in [0.1, 0.15) is 16.7 Å². The van der Waals surface area contributed by atoms with E-state index in [1.54, 1.807) is 18.2 Å². The molecule has 1 heterocycles. The summed E-state index contributed by atoms with van der Waals surface area (Å²) in [6.45, 7) is 1.92. The van der Waals surface area contributed by atoms with Gasteiger partial charge in [-0.1, -0.05) is 48.2 Å². The van der Waals surface area contributed by atoms with Crippen molar-refractivity contribution >= 4 is 23.4 Å². The van der Waals surface area contributed by atoms with Crippen LogP contribution in [0.2, 0.25) is 0 Å². The number of hydrogen-bond acceptors (Lipinski definition) is 6. The Morgan fingerprint density at radius 2 is 1.70 bits per heavy atom. The van der Waals surface area contributed by atoms with Gasteiger partial charge in [0.25, 0.3) is 0 Å². The van der Waals surface area contributed by atoms with Crippen molar-refractivity contribution in [3.63, 3.8) is 0 Å². The number of nitrogens with two attached hydrogens (primary N) is 2. The van der Waals surface area contributed by atoms with Gasteiger partial charge in [-0.05, 0) is 23.8 Å². The average molecular weight is 401 g/mol.